The summed E-state index contributed by atoms with van der Waals surface area (Å²) in [5.74, 6) is -0.801. The molecule has 94 valence electrons. The molecular formula is C8H14N6O3. The molecule has 0 saturated heterocycles. The summed E-state index contributed by atoms with van der Waals surface area (Å²) >= 11 is 0. The minimum atomic E-state index is -0.894. The van der Waals surface area contributed by atoms with Crippen molar-refractivity contribution in [3.8, 4) is 0 Å². The maximum Gasteiger partial charge on any atom is 0.321 e. The van der Waals surface area contributed by atoms with Crippen LogP contribution in [0.5, 0.6) is 0 Å². The van der Waals surface area contributed by atoms with Crippen molar-refractivity contribution in [2.75, 3.05) is 5.32 Å². The molecule has 2 amide bonds. The second-order valence-corrected chi connectivity index (χ2v) is 3.53. The van der Waals surface area contributed by atoms with Crippen molar-refractivity contribution in [2.45, 2.75) is 25.8 Å². The van der Waals surface area contributed by atoms with Gasteiger partial charge in [0.2, 0.25) is 0 Å². The lowest BCUT2D eigenvalue weighted by Crippen LogP contribution is -2.36. The second-order valence-electron chi connectivity index (χ2n) is 3.53. The lowest BCUT2D eigenvalue weighted by atomic mass is 10.2. The second kappa shape index (κ2) is 5.77. The van der Waals surface area contributed by atoms with E-state index in [9.17, 15) is 9.59 Å². The zero-order chi connectivity index (χ0) is 12.8. The van der Waals surface area contributed by atoms with Crippen molar-refractivity contribution >= 4 is 17.9 Å². The number of hydrogen-bond donors (Lipinski definition) is 3. The van der Waals surface area contributed by atoms with Crippen molar-refractivity contribution in [1.82, 2.24) is 25.5 Å². The molecule has 3 N–H and O–H groups in total. The number of urea groups is 1. The SMILES string of the molecule is CC(CCC(=O)O)NC(=O)Nc1nnn(C)n1. The summed E-state index contributed by atoms with van der Waals surface area (Å²) in [7, 11) is 1.57. The van der Waals surface area contributed by atoms with Gasteiger partial charge in [-0.25, -0.2) is 4.79 Å². The fourth-order valence-corrected chi connectivity index (χ4v) is 1.11. The van der Waals surface area contributed by atoms with Crippen molar-refractivity contribution < 1.29 is 14.7 Å². The molecular weight excluding hydrogens is 228 g/mol. The van der Waals surface area contributed by atoms with Crippen molar-refractivity contribution in [3.63, 3.8) is 0 Å². The van der Waals surface area contributed by atoms with E-state index >= 15 is 0 Å². The van der Waals surface area contributed by atoms with Gasteiger partial charge in [0.15, 0.2) is 0 Å². The van der Waals surface area contributed by atoms with E-state index in [2.05, 4.69) is 26.0 Å². The van der Waals surface area contributed by atoms with Crippen LogP contribution < -0.4 is 10.6 Å². The number of carboxylic acids is 1. The maximum absolute atomic E-state index is 11.4. The molecule has 0 aliphatic heterocycles. The van der Waals surface area contributed by atoms with Crippen molar-refractivity contribution in [2.24, 2.45) is 7.05 Å². The normalized spacial score (nSPS) is 11.9. The van der Waals surface area contributed by atoms with Crippen molar-refractivity contribution in [1.29, 1.82) is 0 Å². The molecule has 0 radical (unpaired) electrons. The number of anilines is 1. The number of carbonyl (C=O) groups excluding carboxylic acids is 1. The Hall–Kier alpha value is -2.19. The van der Waals surface area contributed by atoms with E-state index in [0.29, 0.717) is 6.42 Å². The van der Waals surface area contributed by atoms with Crippen molar-refractivity contribution in [3.05, 3.63) is 0 Å². The number of carboxylic acid groups (broad SMARTS) is 1. The van der Waals surface area contributed by atoms with Gasteiger partial charge in [0.1, 0.15) is 0 Å². The van der Waals surface area contributed by atoms with Gasteiger partial charge in [-0.15, -0.1) is 5.10 Å². The number of aryl methyl sites for hydroxylation is 1. The molecule has 1 unspecified atom stereocenters. The summed E-state index contributed by atoms with van der Waals surface area (Å²) in [5.41, 5.74) is 0. The van der Waals surface area contributed by atoms with Crippen LogP contribution in [0.2, 0.25) is 0 Å². The molecule has 1 heterocycles. The summed E-state index contributed by atoms with van der Waals surface area (Å²) in [6.07, 6.45) is 0.363. The standard InChI is InChI=1S/C8H14N6O3/c1-5(3-4-6(15)16)9-8(17)10-7-11-13-14(2)12-7/h5H,3-4H2,1-2H3,(H,15,16)(H2,9,10,12,17). The van der Waals surface area contributed by atoms with Gasteiger partial charge in [0, 0.05) is 12.5 Å². The smallest absolute Gasteiger partial charge is 0.321 e. The van der Waals surface area contributed by atoms with E-state index in [-0.39, 0.29) is 18.4 Å². The highest BCUT2D eigenvalue weighted by Crippen LogP contribution is 1.97. The molecule has 1 aromatic rings. The van der Waals surface area contributed by atoms with E-state index in [1.165, 1.54) is 4.80 Å². The number of hydrogen-bond acceptors (Lipinski definition) is 5. The number of aromatic nitrogens is 4. The molecule has 0 aromatic carbocycles. The largest absolute Gasteiger partial charge is 0.481 e. The molecule has 9 nitrogen and oxygen atoms in total. The van der Waals surface area contributed by atoms with Crippen LogP contribution in [0.1, 0.15) is 19.8 Å². The van der Waals surface area contributed by atoms with Crippen LogP contribution in [-0.2, 0) is 11.8 Å². The van der Waals surface area contributed by atoms with Crippen LogP contribution in [0.15, 0.2) is 0 Å². The van der Waals surface area contributed by atoms with Gasteiger partial charge in [-0.3, -0.25) is 10.1 Å². The first kappa shape index (κ1) is 12.9. The summed E-state index contributed by atoms with van der Waals surface area (Å²) in [6, 6.07) is -0.737. The molecule has 17 heavy (non-hydrogen) atoms. The van der Waals surface area contributed by atoms with Crippen LogP contribution in [0.3, 0.4) is 0 Å². The number of nitrogens with one attached hydrogen (secondary N) is 2. The Kier molecular flexibility index (Phi) is 4.37. The first-order valence-corrected chi connectivity index (χ1v) is 5.00. The number of tetrazole rings is 1. The number of carbonyl (C=O) groups is 2. The molecule has 1 aromatic heterocycles. The maximum atomic E-state index is 11.4. The average Bonchev–Trinajstić information content (AvgIpc) is 2.60. The molecule has 0 fully saturated rings. The minimum absolute atomic E-state index is 0.00480. The minimum Gasteiger partial charge on any atom is -0.481 e. The molecule has 0 bridgehead atoms. The zero-order valence-corrected chi connectivity index (χ0v) is 9.54. The van der Waals surface area contributed by atoms with Gasteiger partial charge in [-0.1, -0.05) is 5.10 Å². The fourth-order valence-electron chi connectivity index (χ4n) is 1.11. The number of aliphatic carboxylic acids is 1. The van der Waals surface area contributed by atoms with Gasteiger partial charge in [-0.2, -0.15) is 4.80 Å². The highest BCUT2D eigenvalue weighted by Gasteiger charge is 2.10. The average molecular weight is 242 g/mol. The number of amides is 2. The summed E-state index contributed by atoms with van der Waals surface area (Å²) < 4.78 is 0. The monoisotopic (exact) mass is 242 g/mol. The van der Waals surface area contributed by atoms with Crippen LogP contribution in [0, 0.1) is 0 Å². The molecule has 1 atom stereocenters. The van der Waals surface area contributed by atoms with Crippen LogP contribution in [-0.4, -0.2) is 43.4 Å². The summed E-state index contributed by atoms with van der Waals surface area (Å²) in [5, 5.41) is 24.3. The van der Waals surface area contributed by atoms with E-state index in [0.717, 1.165) is 0 Å². The Labute approximate surface area is 97.2 Å². The first-order chi connectivity index (χ1) is 7.97. The summed E-state index contributed by atoms with van der Waals surface area (Å²) in [4.78, 5) is 22.9. The van der Waals surface area contributed by atoms with E-state index in [1.807, 2.05) is 0 Å². The predicted octanol–water partition coefficient (Wildman–Crippen LogP) is -0.415. The van der Waals surface area contributed by atoms with Gasteiger partial charge in [0.05, 0.1) is 7.05 Å². The molecule has 0 spiro atoms. The Bertz CT molecular complexity index is 404. The first-order valence-electron chi connectivity index (χ1n) is 5.00. The Balaban J connectivity index is 2.31. The molecule has 0 aliphatic carbocycles. The topological polar surface area (TPSA) is 122 Å². The summed E-state index contributed by atoms with van der Waals surface area (Å²) in [6.45, 7) is 1.71. The highest BCUT2D eigenvalue weighted by atomic mass is 16.4. The van der Waals surface area contributed by atoms with E-state index < -0.39 is 12.0 Å². The lowest BCUT2D eigenvalue weighted by Gasteiger charge is -2.11. The van der Waals surface area contributed by atoms with Crippen LogP contribution in [0.25, 0.3) is 0 Å². The Morgan fingerprint density at radius 2 is 2.24 bits per heavy atom. The van der Waals surface area contributed by atoms with E-state index in [4.69, 9.17) is 5.11 Å². The molecule has 1 rings (SSSR count). The van der Waals surface area contributed by atoms with Crippen LogP contribution >= 0.6 is 0 Å². The van der Waals surface area contributed by atoms with Gasteiger partial charge in [-0.05, 0) is 18.6 Å². The molecule has 0 saturated carbocycles. The molecule has 0 aliphatic rings. The predicted molar refractivity (Wildman–Crippen MR) is 57.3 cm³/mol. The Morgan fingerprint density at radius 3 is 2.76 bits per heavy atom. The third-order valence-electron chi connectivity index (χ3n) is 1.90. The Morgan fingerprint density at radius 1 is 1.53 bits per heavy atom. The van der Waals surface area contributed by atoms with Gasteiger partial charge >= 0.3 is 12.0 Å². The quantitative estimate of drug-likeness (QED) is 0.644. The number of rotatable bonds is 5. The number of nitrogens with zero attached hydrogens (tertiary/aromatic N) is 4. The fraction of sp³-hybridized carbons (Fsp3) is 0.625. The zero-order valence-electron chi connectivity index (χ0n) is 9.54. The molecule has 9 heteroatoms. The van der Waals surface area contributed by atoms with E-state index in [1.54, 1.807) is 14.0 Å². The third-order valence-corrected chi connectivity index (χ3v) is 1.90. The van der Waals surface area contributed by atoms with Gasteiger partial charge in [0.25, 0.3) is 5.95 Å². The van der Waals surface area contributed by atoms with Crippen LogP contribution in [0.4, 0.5) is 10.7 Å². The third kappa shape index (κ3) is 4.91. The lowest BCUT2D eigenvalue weighted by molar-refractivity contribution is -0.137. The highest BCUT2D eigenvalue weighted by molar-refractivity contribution is 5.87. The van der Waals surface area contributed by atoms with Gasteiger partial charge < -0.3 is 10.4 Å².